The molecule has 0 unspecified atom stereocenters. The second kappa shape index (κ2) is 6.56. The lowest BCUT2D eigenvalue weighted by atomic mass is 10.1. The van der Waals surface area contributed by atoms with E-state index in [1.807, 2.05) is 13.8 Å². The molecule has 1 aromatic carbocycles. The van der Waals surface area contributed by atoms with E-state index in [1.165, 1.54) is 25.3 Å². The maximum Gasteiger partial charge on any atom is 0.337 e. The van der Waals surface area contributed by atoms with Gasteiger partial charge in [0.25, 0.3) is 0 Å². The van der Waals surface area contributed by atoms with Crippen molar-refractivity contribution >= 4 is 27.6 Å². The number of hydrogen-bond donors (Lipinski definition) is 1. The topological polar surface area (TPSA) is 72.5 Å². The SMILES string of the molecule is COC(=O)c1ccc(Cl)c(S(=O)(=O)N[C@H](C)C(C)C)c1. The molecule has 0 spiro atoms. The summed E-state index contributed by atoms with van der Waals surface area (Å²) >= 11 is 5.92. The largest absolute Gasteiger partial charge is 0.465 e. The molecule has 112 valence electrons. The van der Waals surface area contributed by atoms with Gasteiger partial charge in [0, 0.05) is 6.04 Å². The molecule has 0 aliphatic carbocycles. The van der Waals surface area contributed by atoms with Crippen LogP contribution in [0.15, 0.2) is 23.1 Å². The van der Waals surface area contributed by atoms with Crippen LogP contribution in [0.2, 0.25) is 5.02 Å². The molecule has 1 rings (SSSR count). The molecular weight excluding hydrogens is 302 g/mol. The van der Waals surface area contributed by atoms with Gasteiger partial charge in [0.1, 0.15) is 4.90 Å². The average Bonchev–Trinajstić information content (AvgIpc) is 2.37. The Labute approximate surface area is 124 Å². The second-order valence-electron chi connectivity index (χ2n) is 4.79. The Morgan fingerprint density at radius 3 is 2.40 bits per heavy atom. The average molecular weight is 320 g/mol. The van der Waals surface area contributed by atoms with Gasteiger partial charge in [-0.15, -0.1) is 0 Å². The zero-order chi connectivity index (χ0) is 15.5. The fraction of sp³-hybridized carbons (Fsp3) is 0.462. The summed E-state index contributed by atoms with van der Waals surface area (Å²) in [5.74, 6) is -0.484. The Kier molecular flexibility index (Phi) is 5.56. The predicted octanol–water partition coefficient (Wildman–Crippen LogP) is 2.45. The quantitative estimate of drug-likeness (QED) is 0.846. The summed E-state index contributed by atoms with van der Waals surface area (Å²) < 4.78 is 31.7. The summed E-state index contributed by atoms with van der Waals surface area (Å²) in [6, 6.07) is 3.74. The van der Waals surface area contributed by atoms with Crippen molar-refractivity contribution in [2.24, 2.45) is 5.92 Å². The van der Waals surface area contributed by atoms with Crippen LogP contribution in [-0.4, -0.2) is 27.5 Å². The van der Waals surface area contributed by atoms with Crippen molar-refractivity contribution in [3.05, 3.63) is 28.8 Å². The van der Waals surface area contributed by atoms with Crippen LogP contribution in [-0.2, 0) is 14.8 Å². The van der Waals surface area contributed by atoms with Crippen LogP contribution in [0.3, 0.4) is 0 Å². The summed E-state index contributed by atoms with van der Waals surface area (Å²) in [6.45, 7) is 5.57. The maximum absolute atomic E-state index is 12.3. The fourth-order valence-corrected chi connectivity index (χ4v) is 3.32. The minimum atomic E-state index is -3.79. The highest BCUT2D eigenvalue weighted by molar-refractivity contribution is 7.89. The molecule has 0 fully saturated rings. The van der Waals surface area contributed by atoms with Gasteiger partial charge in [-0.25, -0.2) is 17.9 Å². The molecule has 0 saturated carbocycles. The summed E-state index contributed by atoms with van der Waals surface area (Å²) in [6.07, 6.45) is 0. The number of halogens is 1. The van der Waals surface area contributed by atoms with Crippen molar-refractivity contribution in [2.75, 3.05) is 7.11 Å². The Bertz CT molecular complexity index is 598. The molecule has 0 aliphatic rings. The van der Waals surface area contributed by atoms with E-state index in [9.17, 15) is 13.2 Å². The Balaban J connectivity index is 3.20. The van der Waals surface area contributed by atoms with Gasteiger partial charge in [0.15, 0.2) is 0 Å². The highest BCUT2D eigenvalue weighted by atomic mass is 35.5. The molecule has 1 N–H and O–H groups in total. The monoisotopic (exact) mass is 319 g/mol. The van der Waals surface area contributed by atoms with E-state index in [0.29, 0.717) is 0 Å². The van der Waals surface area contributed by atoms with Gasteiger partial charge >= 0.3 is 5.97 Å². The Hall–Kier alpha value is -1.11. The number of carbonyl (C=O) groups is 1. The molecule has 20 heavy (non-hydrogen) atoms. The molecule has 5 nitrogen and oxygen atoms in total. The van der Waals surface area contributed by atoms with Crippen molar-refractivity contribution in [3.63, 3.8) is 0 Å². The Morgan fingerprint density at radius 1 is 1.30 bits per heavy atom. The van der Waals surface area contributed by atoms with Crippen LogP contribution in [0.1, 0.15) is 31.1 Å². The third kappa shape index (κ3) is 3.94. The van der Waals surface area contributed by atoms with Crippen molar-refractivity contribution in [1.82, 2.24) is 4.72 Å². The third-order valence-electron chi connectivity index (χ3n) is 2.98. The molecule has 0 aromatic heterocycles. The van der Waals surface area contributed by atoms with Crippen LogP contribution < -0.4 is 4.72 Å². The van der Waals surface area contributed by atoms with E-state index in [4.69, 9.17) is 11.6 Å². The van der Waals surface area contributed by atoms with Crippen molar-refractivity contribution in [3.8, 4) is 0 Å². The van der Waals surface area contributed by atoms with Gasteiger partial charge < -0.3 is 4.74 Å². The van der Waals surface area contributed by atoms with Gasteiger partial charge in [0.05, 0.1) is 17.7 Å². The fourth-order valence-electron chi connectivity index (χ4n) is 1.40. The highest BCUT2D eigenvalue weighted by Crippen LogP contribution is 2.23. The number of carbonyl (C=O) groups excluding carboxylic acids is 1. The lowest BCUT2D eigenvalue weighted by molar-refractivity contribution is 0.0600. The smallest absolute Gasteiger partial charge is 0.337 e. The number of esters is 1. The van der Waals surface area contributed by atoms with Gasteiger partial charge in [-0.1, -0.05) is 25.4 Å². The molecule has 7 heteroatoms. The van der Waals surface area contributed by atoms with Crippen LogP contribution in [0.5, 0.6) is 0 Å². The first kappa shape index (κ1) is 16.9. The van der Waals surface area contributed by atoms with E-state index in [2.05, 4.69) is 9.46 Å². The van der Waals surface area contributed by atoms with Gasteiger partial charge in [-0.2, -0.15) is 0 Å². The lowest BCUT2D eigenvalue weighted by Gasteiger charge is -2.18. The number of nitrogens with one attached hydrogen (secondary N) is 1. The van der Waals surface area contributed by atoms with E-state index >= 15 is 0 Å². The van der Waals surface area contributed by atoms with Crippen LogP contribution in [0, 0.1) is 5.92 Å². The zero-order valence-corrected chi connectivity index (χ0v) is 13.4. The first-order chi connectivity index (χ1) is 9.19. The van der Waals surface area contributed by atoms with Crippen molar-refractivity contribution in [2.45, 2.75) is 31.7 Å². The summed E-state index contributed by atoms with van der Waals surface area (Å²) in [5, 5.41) is 0.0566. The number of rotatable bonds is 5. The van der Waals surface area contributed by atoms with Gasteiger partial charge in [0.2, 0.25) is 10.0 Å². The molecule has 0 radical (unpaired) electrons. The minimum Gasteiger partial charge on any atom is -0.465 e. The number of sulfonamides is 1. The highest BCUT2D eigenvalue weighted by Gasteiger charge is 2.23. The molecule has 0 aliphatic heterocycles. The minimum absolute atomic E-state index is 0.0566. The standard InChI is InChI=1S/C13H18ClNO4S/c1-8(2)9(3)15-20(17,18)12-7-10(13(16)19-4)5-6-11(12)14/h5-9,15H,1-4H3/t9-/m1/s1. The van der Waals surface area contributed by atoms with Gasteiger partial charge in [-0.3, -0.25) is 0 Å². The van der Waals surface area contributed by atoms with Gasteiger partial charge in [-0.05, 0) is 31.0 Å². The third-order valence-corrected chi connectivity index (χ3v) is 5.02. The normalized spacial score (nSPS) is 13.3. The van der Waals surface area contributed by atoms with Crippen LogP contribution in [0.4, 0.5) is 0 Å². The van der Waals surface area contributed by atoms with Crippen molar-refractivity contribution in [1.29, 1.82) is 0 Å². The lowest BCUT2D eigenvalue weighted by Crippen LogP contribution is -2.36. The maximum atomic E-state index is 12.3. The van der Waals surface area contributed by atoms with Crippen LogP contribution in [0.25, 0.3) is 0 Å². The number of benzene rings is 1. The zero-order valence-electron chi connectivity index (χ0n) is 11.8. The van der Waals surface area contributed by atoms with E-state index < -0.39 is 16.0 Å². The van der Waals surface area contributed by atoms with Crippen LogP contribution >= 0.6 is 11.6 Å². The first-order valence-corrected chi connectivity index (χ1v) is 7.95. The molecule has 0 saturated heterocycles. The van der Waals surface area contributed by atoms with E-state index in [-0.39, 0.29) is 27.4 Å². The van der Waals surface area contributed by atoms with E-state index in [1.54, 1.807) is 6.92 Å². The summed E-state index contributed by atoms with van der Waals surface area (Å²) in [4.78, 5) is 11.3. The number of ether oxygens (including phenoxy) is 1. The molecule has 1 aromatic rings. The molecule has 0 heterocycles. The molecular formula is C13H18ClNO4S. The van der Waals surface area contributed by atoms with E-state index in [0.717, 1.165) is 0 Å². The second-order valence-corrected chi connectivity index (χ2v) is 6.88. The number of methoxy groups -OCH3 is 1. The molecule has 0 amide bonds. The first-order valence-electron chi connectivity index (χ1n) is 6.09. The summed E-state index contributed by atoms with van der Waals surface area (Å²) in [7, 11) is -2.56. The van der Waals surface area contributed by atoms with Crippen molar-refractivity contribution < 1.29 is 17.9 Å². The summed E-state index contributed by atoms with van der Waals surface area (Å²) in [5.41, 5.74) is 0.134. The molecule has 0 bridgehead atoms. The number of hydrogen-bond acceptors (Lipinski definition) is 4. The molecule has 1 atom stereocenters. The Morgan fingerprint density at radius 2 is 1.90 bits per heavy atom. The predicted molar refractivity (Wildman–Crippen MR) is 77.4 cm³/mol.